The van der Waals surface area contributed by atoms with E-state index >= 15 is 0 Å². The van der Waals surface area contributed by atoms with E-state index < -0.39 is 0 Å². The van der Waals surface area contributed by atoms with Crippen LogP contribution in [-0.4, -0.2) is 29.8 Å². The van der Waals surface area contributed by atoms with Crippen LogP contribution in [0, 0.1) is 5.92 Å². The molecular weight excluding hydrogens is 114 g/mol. The number of rotatable bonds is 3. The molecule has 0 aromatic carbocycles. The van der Waals surface area contributed by atoms with Gasteiger partial charge >= 0.3 is 0 Å². The maximum Gasteiger partial charge on any atom is 0.104 e. The molecule has 0 saturated carbocycles. The topological polar surface area (TPSA) is 23.5 Å². The van der Waals surface area contributed by atoms with Gasteiger partial charge in [0.25, 0.3) is 0 Å². The van der Waals surface area contributed by atoms with Crippen LogP contribution in [0.25, 0.3) is 0 Å². The van der Waals surface area contributed by atoms with Gasteiger partial charge in [-0.1, -0.05) is 13.8 Å². The Morgan fingerprint density at radius 2 is 1.78 bits per heavy atom. The molecule has 0 amide bonds. The molecule has 1 atom stereocenters. The van der Waals surface area contributed by atoms with E-state index in [1.54, 1.807) is 6.92 Å². The number of hydrogen-bond donors (Lipinski definition) is 1. The Labute approximate surface area is 57.5 Å². The van der Waals surface area contributed by atoms with Gasteiger partial charge < -0.3 is 5.11 Å². The third kappa shape index (κ3) is 4.43. The second kappa shape index (κ2) is 3.85. The third-order valence-corrected chi connectivity index (χ3v) is 1.29. The Kier molecular flexibility index (Phi) is 3.82. The molecule has 0 heterocycles. The summed E-state index contributed by atoms with van der Waals surface area (Å²) in [6.45, 7) is 7.01. The average molecular weight is 131 g/mol. The summed E-state index contributed by atoms with van der Waals surface area (Å²) < 4.78 is 0. The van der Waals surface area contributed by atoms with Gasteiger partial charge in [-0.25, -0.2) is 0 Å². The molecule has 0 aliphatic heterocycles. The predicted octanol–water partition coefficient (Wildman–Crippen LogP) is 0.912. The van der Waals surface area contributed by atoms with Gasteiger partial charge in [-0.15, -0.1) is 0 Å². The SMILES string of the molecule is CC(C)CN(C)C(C)O. The summed E-state index contributed by atoms with van der Waals surface area (Å²) in [7, 11) is 1.92. The van der Waals surface area contributed by atoms with Gasteiger partial charge in [0, 0.05) is 6.54 Å². The highest BCUT2D eigenvalue weighted by atomic mass is 16.3. The van der Waals surface area contributed by atoms with Crippen LogP contribution in [-0.2, 0) is 0 Å². The molecule has 56 valence electrons. The van der Waals surface area contributed by atoms with Crippen molar-refractivity contribution < 1.29 is 5.11 Å². The van der Waals surface area contributed by atoms with Gasteiger partial charge in [-0.3, -0.25) is 4.90 Å². The molecule has 0 aliphatic rings. The molecule has 0 fully saturated rings. The maximum atomic E-state index is 9.00. The summed E-state index contributed by atoms with van der Waals surface area (Å²) in [5.74, 6) is 0.629. The largest absolute Gasteiger partial charge is 0.379 e. The van der Waals surface area contributed by atoms with E-state index in [2.05, 4.69) is 13.8 Å². The zero-order valence-corrected chi connectivity index (χ0v) is 6.76. The molecule has 0 radical (unpaired) electrons. The summed E-state index contributed by atoms with van der Waals surface area (Å²) in [6, 6.07) is 0. The molecule has 2 heteroatoms. The lowest BCUT2D eigenvalue weighted by Crippen LogP contribution is -2.31. The van der Waals surface area contributed by atoms with Crippen molar-refractivity contribution in [3.63, 3.8) is 0 Å². The first kappa shape index (κ1) is 8.92. The Morgan fingerprint density at radius 3 is 1.89 bits per heavy atom. The predicted molar refractivity (Wildman–Crippen MR) is 39.1 cm³/mol. The van der Waals surface area contributed by atoms with Crippen LogP contribution in [0.2, 0.25) is 0 Å². The van der Waals surface area contributed by atoms with Crippen molar-refractivity contribution in [3.05, 3.63) is 0 Å². The summed E-state index contributed by atoms with van der Waals surface area (Å²) in [5, 5.41) is 9.00. The Bertz CT molecular complexity index is 71.3. The van der Waals surface area contributed by atoms with E-state index in [1.165, 1.54) is 0 Å². The van der Waals surface area contributed by atoms with Crippen LogP contribution in [0.3, 0.4) is 0 Å². The number of hydrogen-bond acceptors (Lipinski definition) is 2. The van der Waals surface area contributed by atoms with Crippen LogP contribution < -0.4 is 0 Å². The van der Waals surface area contributed by atoms with Crippen molar-refractivity contribution in [2.24, 2.45) is 5.92 Å². The van der Waals surface area contributed by atoms with Crippen LogP contribution in [0.15, 0.2) is 0 Å². The fourth-order valence-corrected chi connectivity index (χ4v) is 0.729. The normalized spacial score (nSPS) is 15.0. The second-order valence-corrected chi connectivity index (χ2v) is 2.97. The Balaban J connectivity index is 3.38. The summed E-state index contributed by atoms with van der Waals surface area (Å²) in [4.78, 5) is 1.92. The molecule has 0 aliphatic carbocycles. The van der Waals surface area contributed by atoms with E-state index in [0.717, 1.165) is 6.54 Å². The van der Waals surface area contributed by atoms with Crippen LogP contribution >= 0.6 is 0 Å². The summed E-state index contributed by atoms with van der Waals surface area (Å²) in [6.07, 6.45) is -0.313. The van der Waals surface area contributed by atoms with Crippen molar-refractivity contribution in [3.8, 4) is 0 Å². The maximum absolute atomic E-state index is 9.00. The fourth-order valence-electron chi connectivity index (χ4n) is 0.729. The zero-order chi connectivity index (χ0) is 7.44. The molecule has 2 nitrogen and oxygen atoms in total. The average Bonchev–Trinajstić information content (AvgIpc) is 1.63. The molecule has 0 aromatic rings. The highest BCUT2D eigenvalue weighted by Gasteiger charge is 2.04. The third-order valence-electron chi connectivity index (χ3n) is 1.29. The van der Waals surface area contributed by atoms with E-state index in [4.69, 9.17) is 5.11 Å². The second-order valence-electron chi connectivity index (χ2n) is 2.97. The van der Waals surface area contributed by atoms with Crippen molar-refractivity contribution in [2.45, 2.75) is 27.0 Å². The minimum Gasteiger partial charge on any atom is -0.379 e. The highest BCUT2D eigenvalue weighted by Crippen LogP contribution is 1.97. The van der Waals surface area contributed by atoms with Crippen molar-refractivity contribution in [2.75, 3.05) is 13.6 Å². The summed E-state index contributed by atoms with van der Waals surface area (Å²) >= 11 is 0. The van der Waals surface area contributed by atoms with Crippen molar-refractivity contribution >= 4 is 0 Å². The molecule has 1 N–H and O–H groups in total. The molecule has 0 aromatic heterocycles. The lowest BCUT2D eigenvalue weighted by molar-refractivity contribution is 0.0310. The molecule has 0 bridgehead atoms. The molecule has 0 saturated heterocycles. The Morgan fingerprint density at radius 1 is 1.33 bits per heavy atom. The minimum atomic E-state index is -0.313. The first-order chi connectivity index (χ1) is 4.04. The lowest BCUT2D eigenvalue weighted by atomic mass is 10.2. The van der Waals surface area contributed by atoms with E-state index in [0.29, 0.717) is 5.92 Å². The van der Waals surface area contributed by atoms with Crippen molar-refractivity contribution in [1.82, 2.24) is 4.90 Å². The van der Waals surface area contributed by atoms with Gasteiger partial charge in [-0.05, 0) is 19.9 Å². The minimum absolute atomic E-state index is 0.313. The number of aliphatic hydroxyl groups is 1. The van der Waals surface area contributed by atoms with E-state index in [9.17, 15) is 0 Å². The molecule has 1 unspecified atom stereocenters. The van der Waals surface area contributed by atoms with Gasteiger partial charge in [0.15, 0.2) is 0 Å². The lowest BCUT2D eigenvalue weighted by Gasteiger charge is -2.21. The van der Waals surface area contributed by atoms with Crippen LogP contribution in [0.4, 0.5) is 0 Å². The Hall–Kier alpha value is -0.0800. The molecule has 0 rings (SSSR count). The zero-order valence-electron chi connectivity index (χ0n) is 6.76. The van der Waals surface area contributed by atoms with Gasteiger partial charge in [0.05, 0.1) is 0 Å². The van der Waals surface area contributed by atoms with Gasteiger partial charge in [-0.2, -0.15) is 0 Å². The molecular formula is C7H17NO. The standard InChI is InChI=1S/C7H17NO/c1-6(2)5-8(4)7(3)9/h6-7,9H,5H2,1-4H3. The fraction of sp³-hybridized carbons (Fsp3) is 1.00. The van der Waals surface area contributed by atoms with Gasteiger partial charge in [0.2, 0.25) is 0 Å². The van der Waals surface area contributed by atoms with E-state index in [-0.39, 0.29) is 6.23 Å². The number of nitrogens with zero attached hydrogens (tertiary/aromatic N) is 1. The molecule has 0 spiro atoms. The monoisotopic (exact) mass is 131 g/mol. The van der Waals surface area contributed by atoms with Crippen LogP contribution in [0.5, 0.6) is 0 Å². The summed E-state index contributed by atoms with van der Waals surface area (Å²) in [5.41, 5.74) is 0. The van der Waals surface area contributed by atoms with Gasteiger partial charge in [0.1, 0.15) is 6.23 Å². The smallest absolute Gasteiger partial charge is 0.104 e. The first-order valence-corrected chi connectivity index (χ1v) is 3.42. The highest BCUT2D eigenvalue weighted by molar-refractivity contribution is 4.53. The first-order valence-electron chi connectivity index (χ1n) is 3.42. The van der Waals surface area contributed by atoms with Crippen molar-refractivity contribution in [1.29, 1.82) is 0 Å². The van der Waals surface area contributed by atoms with E-state index in [1.807, 2.05) is 11.9 Å². The quantitative estimate of drug-likeness (QED) is 0.575. The number of aliphatic hydroxyl groups excluding tert-OH is 1. The molecule has 9 heavy (non-hydrogen) atoms. The van der Waals surface area contributed by atoms with Crippen LogP contribution in [0.1, 0.15) is 20.8 Å².